The van der Waals surface area contributed by atoms with E-state index in [0.717, 1.165) is 35.8 Å². The molecule has 21 heavy (non-hydrogen) atoms. The number of halogens is 1. The van der Waals surface area contributed by atoms with Crippen molar-refractivity contribution in [3.05, 3.63) is 16.4 Å². The highest BCUT2D eigenvalue weighted by Gasteiger charge is 2.41. The molecule has 2 fully saturated rings. The Morgan fingerprint density at radius 1 is 1.38 bits per heavy atom. The van der Waals surface area contributed by atoms with Gasteiger partial charge in [-0.05, 0) is 38.5 Å². The molecule has 2 atom stereocenters. The fourth-order valence-corrected chi connectivity index (χ4v) is 4.33. The number of piperidine rings is 1. The van der Waals surface area contributed by atoms with E-state index in [9.17, 15) is 4.79 Å². The molecule has 0 aliphatic carbocycles. The molecular formula is C15H22ClN3O2. The summed E-state index contributed by atoms with van der Waals surface area (Å²) >= 11 is 6.34. The van der Waals surface area contributed by atoms with Gasteiger partial charge in [0.1, 0.15) is 5.15 Å². The molecule has 2 aliphatic heterocycles. The summed E-state index contributed by atoms with van der Waals surface area (Å²) in [6.07, 6.45) is 4.67. The maximum Gasteiger partial charge on any atom is 0.303 e. The number of nitrogens with zero attached hydrogens (tertiary/aromatic N) is 3. The van der Waals surface area contributed by atoms with Gasteiger partial charge in [-0.25, -0.2) is 0 Å². The molecule has 1 aromatic heterocycles. The van der Waals surface area contributed by atoms with Gasteiger partial charge in [0.25, 0.3) is 0 Å². The third kappa shape index (κ3) is 2.81. The molecule has 0 saturated carbocycles. The number of carboxylic acid groups (broad SMARTS) is 1. The van der Waals surface area contributed by atoms with Crippen molar-refractivity contribution in [2.45, 2.75) is 57.7 Å². The molecule has 116 valence electrons. The topological polar surface area (TPSA) is 58.4 Å². The molecule has 5 nitrogen and oxygen atoms in total. The third-order valence-corrected chi connectivity index (χ3v) is 5.53. The molecule has 3 heterocycles. The van der Waals surface area contributed by atoms with Gasteiger partial charge in [-0.2, -0.15) is 5.10 Å². The molecule has 0 radical (unpaired) electrons. The second-order valence-corrected chi connectivity index (χ2v) is 6.83. The maximum absolute atomic E-state index is 10.9. The minimum Gasteiger partial charge on any atom is -0.481 e. The van der Waals surface area contributed by atoms with Crippen LogP contribution < -0.4 is 0 Å². The quantitative estimate of drug-likeness (QED) is 0.928. The average molecular weight is 312 g/mol. The zero-order valence-electron chi connectivity index (χ0n) is 12.5. The van der Waals surface area contributed by atoms with Crippen LogP contribution in [0.15, 0.2) is 0 Å². The number of carbonyl (C=O) groups is 1. The first kappa shape index (κ1) is 14.9. The third-order valence-electron chi connectivity index (χ3n) is 5.06. The lowest BCUT2D eigenvalue weighted by Crippen LogP contribution is -2.42. The molecule has 1 N–H and O–H groups in total. The van der Waals surface area contributed by atoms with Crippen LogP contribution in [0.25, 0.3) is 0 Å². The zero-order valence-corrected chi connectivity index (χ0v) is 13.3. The summed E-state index contributed by atoms with van der Waals surface area (Å²) in [5.74, 6) is -0.333. The predicted octanol–water partition coefficient (Wildman–Crippen LogP) is 2.60. The minimum absolute atomic E-state index is 0.313. The molecule has 6 heteroatoms. The van der Waals surface area contributed by atoms with Crippen LogP contribution in [-0.4, -0.2) is 37.8 Å². The standard InChI is InChI=1S/C15H22ClN3O2/c1-9-13(15(16)18(2)17-9)8-19-11-3-4-12(19)6-10(5-11)7-14(20)21/h10-12H,3-8H2,1-2H3,(H,20,21). The monoisotopic (exact) mass is 311 g/mol. The first-order chi connectivity index (χ1) is 9.95. The minimum atomic E-state index is -0.668. The van der Waals surface area contributed by atoms with Crippen LogP contribution in [0.3, 0.4) is 0 Å². The molecule has 1 aromatic rings. The Morgan fingerprint density at radius 2 is 2.00 bits per heavy atom. The van der Waals surface area contributed by atoms with Crippen LogP contribution in [0.5, 0.6) is 0 Å². The maximum atomic E-state index is 10.9. The Kier molecular flexibility index (Phi) is 3.97. The molecule has 2 bridgehead atoms. The van der Waals surface area contributed by atoms with Crippen LogP contribution in [-0.2, 0) is 18.4 Å². The number of hydrogen-bond donors (Lipinski definition) is 1. The van der Waals surface area contributed by atoms with E-state index in [4.69, 9.17) is 16.7 Å². The Labute approximate surface area is 129 Å². The smallest absolute Gasteiger partial charge is 0.303 e. The van der Waals surface area contributed by atoms with Gasteiger partial charge in [-0.3, -0.25) is 14.4 Å². The second kappa shape index (κ2) is 5.61. The zero-order chi connectivity index (χ0) is 15.1. The van der Waals surface area contributed by atoms with Gasteiger partial charge < -0.3 is 5.11 Å². The van der Waals surface area contributed by atoms with Gasteiger partial charge >= 0.3 is 5.97 Å². The van der Waals surface area contributed by atoms with E-state index in [2.05, 4.69) is 10.00 Å². The van der Waals surface area contributed by atoms with E-state index in [-0.39, 0.29) is 0 Å². The SMILES string of the molecule is Cc1nn(C)c(Cl)c1CN1C2CCC1CC(CC(=O)O)C2. The Morgan fingerprint density at radius 3 is 2.48 bits per heavy atom. The fourth-order valence-electron chi connectivity index (χ4n) is 4.09. The lowest BCUT2D eigenvalue weighted by Gasteiger charge is -2.38. The van der Waals surface area contributed by atoms with Crippen molar-refractivity contribution in [2.24, 2.45) is 13.0 Å². The first-order valence-corrected chi connectivity index (χ1v) is 7.99. The highest BCUT2D eigenvalue weighted by Crippen LogP contribution is 2.41. The average Bonchev–Trinajstić information content (AvgIpc) is 2.77. The van der Waals surface area contributed by atoms with Crippen molar-refractivity contribution in [1.29, 1.82) is 0 Å². The second-order valence-electron chi connectivity index (χ2n) is 6.47. The number of fused-ring (bicyclic) bond motifs is 2. The number of aliphatic carboxylic acids is 1. The Hall–Kier alpha value is -1.07. The highest BCUT2D eigenvalue weighted by atomic mass is 35.5. The van der Waals surface area contributed by atoms with Crippen LogP contribution >= 0.6 is 11.6 Å². The van der Waals surface area contributed by atoms with Crippen molar-refractivity contribution in [2.75, 3.05) is 0 Å². The van der Waals surface area contributed by atoms with E-state index < -0.39 is 5.97 Å². The molecular weight excluding hydrogens is 290 g/mol. The number of rotatable bonds is 4. The number of aromatic nitrogens is 2. The Bertz CT molecular complexity index is 543. The van der Waals surface area contributed by atoms with E-state index in [1.54, 1.807) is 4.68 Å². The largest absolute Gasteiger partial charge is 0.481 e. The van der Waals surface area contributed by atoms with Gasteiger partial charge in [0.05, 0.1) is 5.69 Å². The van der Waals surface area contributed by atoms with Gasteiger partial charge in [-0.1, -0.05) is 11.6 Å². The van der Waals surface area contributed by atoms with Crippen molar-refractivity contribution >= 4 is 17.6 Å². The van der Waals surface area contributed by atoms with Crippen LogP contribution in [0, 0.1) is 12.8 Å². The summed E-state index contributed by atoms with van der Waals surface area (Å²) < 4.78 is 1.73. The fraction of sp³-hybridized carbons (Fsp3) is 0.733. The number of carboxylic acids is 1. The molecule has 2 saturated heterocycles. The Balaban J connectivity index is 1.72. The van der Waals surface area contributed by atoms with Crippen molar-refractivity contribution < 1.29 is 9.90 Å². The van der Waals surface area contributed by atoms with Crippen LogP contribution in [0.1, 0.15) is 43.4 Å². The first-order valence-electron chi connectivity index (χ1n) is 7.61. The summed E-state index contributed by atoms with van der Waals surface area (Å²) in [4.78, 5) is 13.4. The molecule has 0 spiro atoms. The molecule has 0 aromatic carbocycles. The summed E-state index contributed by atoms with van der Waals surface area (Å²) in [6, 6.07) is 1.01. The van der Waals surface area contributed by atoms with Crippen molar-refractivity contribution in [3.63, 3.8) is 0 Å². The van der Waals surface area contributed by atoms with Gasteiger partial charge in [-0.15, -0.1) is 0 Å². The lowest BCUT2D eigenvalue weighted by atomic mass is 9.88. The molecule has 2 unspecified atom stereocenters. The summed E-state index contributed by atoms with van der Waals surface area (Å²) in [7, 11) is 1.87. The number of aryl methyl sites for hydroxylation is 2. The van der Waals surface area contributed by atoms with Gasteiger partial charge in [0.2, 0.25) is 0 Å². The summed E-state index contributed by atoms with van der Waals surface area (Å²) in [5, 5.41) is 14.1. The summed E-state index contributed by atoms with van der Waals surface area (Å²) in [5.41, 5.74) is 2.11. The summed E-state index contributed by atoms with van der Waals surface area (Å²) in [6.45, 7) is 2.84. The molecule has 0 amide bonds. The van der Waals surface area contributed by atoms with Crippen LogP contribution in [0.4, 0.5) is 0 Å². The molecule has 3 rings (SSSR count). The van der Waals surface area contributed by atoms with E-state index in [0.29, 0.717) is 24.4 Å². The normalized spacial score (nSPS) is 29.0. The van der Waals surface area contributed by atoms with Crippen molar-refractivity contribution in [1.82, 2.24) is 14.7 Å². The molecule has 2 aliphatic rings. The lowest BCUT2D eigenvalue weighted by molar-refractivity contribution is -0.138. The van der Waals surface area contributed by atoms with E-state index >= 15 is 0 Å². The van der Waals surface area contributed by atoms with Gasteiger partial charge in [0, 0.05) is 37.7 Å². The predicted molar refractivity (Wildman–Crippen MR) is 80.3 cm³/mol. The highest BCUT2D eigenvalue weighted by molar-refractivity contribution is 6.30. The van der Waals surface area contributed by atoms with Crippen LogP contribution in [0.2, 0.25) is 5.15 Å². The van der Waals surface area contributed by atoms with Gasteiger partial charge in [0.15, 0.2) is 0 Å². The van der Waals surface area contributed by atoms with E-state index in [1.165, 1.54) is 12.8 Å². The van der Waals surface area contributed by atoms with E-state index in [1.807, 2.05) is 14.0 Å². The van der Waals surface area contributed by atoms with Crippen molar-refractivity contribution in [3.8, 4) is 0 Å². The number of hydrogen-bond acceptors (Lipinski definition) is 3.